The maximum Gasteiger partial charge on any atom is 0.318 e. The highest BCUT2D eigenvalue weighted by Gasteiger charge is 2.53. The SMILES string of the molecule is O=C1NC2CC([C@H]3CCCO3)(N1)Oc1c(F)cc(Cl)cc12. The summed E-state index contributed by atoms with van der Waals surface area (Å²) in [7, 11) is 0. The molecule has 0 radical (unpaired) electrons. The molecule has 2 N–H and O–H groups in total. The third kappa shape index (κ3) is 1.97. The fourth-order valence-electron chi connectivity index (χ4n) is 3.40. The predicted molar refractivity (Wildman–Crippen MR) is 72.8 cm³/mol. The molecular formula is C14H14ClFN2O3. The first-order valence-electron chi connectivity index (χ1n) is 6.96. The van der Waals surface area contributed by atoms with Gasteiger partial charge in [0.2, 0.25) is 5.72 Å². The fraction of sp³-hybridized carbons (Fsp3) is 0.500. The van der Waals surface area contributed by atoms with E-state index in [4.69, 9.17) is 21.1 Å². The third-order valence-electron chi connectivity index (χ3n) is 4.28. The molecule has 21 heavy (non-hydrogen) atoms. The summed E-state index contributed by atoms with van der Waals surface area (Å²) in [4.78, 5) is 11.9. The Morgan fingerprint density at radius 2 is 2.29 bits per heavy atom. The summed E-state index contributed by atoms with van der Waals surface area (Å²) in [6, 6.07) is 2.18. The van der Waals surface area contributed by atoms with Crippen molar-refractivity contribution in [2.24, 2.45) is 0 Å². The van der Waals surface area contributed by atoms with E-state index in [0.29, 0.717) is 18.6 Å². The Morgan fingerprint density at radius 1 is 1.43 bits per heavy atom. The number of rotatable bonds is 1. The highest BCUT2D eigenvalue weighted by Crippen LogP contribution is 2.46. The van der Waals surface area contributed by atoms with Gasteiger partial charge in [-0.1, -0.05) is 11.6 Å². The van der Waals surface area contributed by atoms with Crippen molar-refractivity contribution >= 4 is 17.6 Å². The van der Waals surface area contributed by atoms with E-state index in [9.17, 15) is 9.18 Å². The minimum atomic E-state index is -1.01. The molecule has 3 atom stereocenters. The maximum absolute atomic E-state index is 14.2. The standard InChI is InChI=1S/C14H14ClFN2O3/c15-7-4-8-10-6-14(18-13(19)17-10,11-2-1-3-20-11)21-12(8)9(16)5-7/h4-5,10-11H,1-3,6H2,(H2,17,18,19)/t10?,11-,14?/m1/s1. The van der Waals surface area contributed by atoms with Gasteiger partial charge in [-0.3, -0.25) is 5.32 Å². The normalized spacial score (nSPS) is 33.7. The number of halogens is 2. The van der Waals surface area contributed by atoms with Gasteiger partial charge in [0.05, 0.1) is 6.04 Å². The third-order valence-corrected chi connectivity index (χ3v) is 4.50. The molecule has 2 saturated heterocycles. The van der Waals surface area contributed by atoms with Crippen molar-refractivity contribution in [3.05, 3.63) is 28.5 Å². The van der Waals surface area contributed by atoms with Gasteiger partial charge in [0.15, 0.2) is 11.6 Å². The van der Waals surface area contributed by atoms with Crippen LogP contribution in [0.3, 0.4) is 0 Å². The number of carbonyl (C=O) groups excluding carboxylic acids is 1. The average molecular weight is 313 g/mol. The van der Waals surface area contributed by atoms with Crippen LogP contribution in [0.1, 0.15) is 30.9 Å². The molecule has 2 amide bonds. The summed E-state index contributed by atoms with van der Waals surface area (Å²) in [5.41, 5.74) is -0.436. The van der Waals surface area contributed by atoms with Crippen molar-refractivity contribution in [1.29, 1.82) is 0 Å². The van der Waals surface area contributed by atoms with E-state index in [0.717, 1.165) is 12.8 Å². The van der Waals surface area contributed by atoms with E-state index in [1.54, 1.807) is 6.07 Å². The minimum Gasteiger partial charge on any atom is -0.462 e. The number of amides is 2. The first kappa shape index (κ1) is 13.2. The zero-order valence-electron chi connectivity index (χ0n) is 11.1. The number of fused-ring (bicyclic) bond motifs is 4. The quantitative estimate of drug-likeness (QED) is 0.837. The van der Waals surface area contributed by atoms with Crippen LogP contribution < -0.4 is 15.4 Å². The monoisotopic (exact) mass is 312 g/mol. The van der Waals surface area contributed by atoms with Crippen LogP contribution in [-0.2, 0) is 4.74 Å². The Kier molecular flexibility index (Phi) is 2.81. The molecule has 112 valence electrons. The van der Waals surface area contributed by atoms with E-state index >= 15 is 0 Å². The van der Waals surface area contributed by atoms with Crippen LogP contribution in [0.2, 0.25) is 5.02 Å². The molecule has 0 aromatic heterocycles. The van der Waals surface area contributed by atoms with E-state index in [1.807, 2.05) is 0 Å². The fourth-order valence-corrected chi connectivity index (χ4v) is 3.61. The van der Waals surface area contributed by atoms with Crippen LogP contribution in [0.15, 0.2) is 12.1 Å². The maximum atomic E-state index is 14.2. The Balaban J connectivity index is 1.82. The first-order chi connectivity index (χ1) is 10.1. The highest BCUT2D eigenvalue weighted by molar-refractivity contribution is 6.30. The first-order valence-corrected chi connectivity index (χ1v) is 7.33. The molecule has 2 fully saturated rings. The number of urea groups is 1. The van der Waals surface area contributed by atoms with Gasteiger partial charge in [-0.25, -0.2) is 9.18 Å². The summed E-state index contributed by atoms with van der Waals surface area (Å²) in [5, 5.41) is 5.87. The molecule has 3 aliphatic heterocycles. The topological polar surface area (TPSA) is 59.6 Å². The van der Waals surface area contributed by atoms with E-state index in [-0.39, 0.29) is 28.9 Å². The van der Waals surface area contributed by atoms with Gasteiger partial charge >= 0.3 is 6.03 Å². The van der Waals surface area contributed by atoms with Gasteiger partial charge in [0, 0.05) is 23.6 Å². The molecule has 5 nitrogen and oxygen atoms in total. The van der Waals surface area contributed by atoms with Crippen molar-refractivity contribution in [1.82, 2.24) is 10.6 Å². The highest BCUT2D eigenvalue weighted by atomic mass is 35.5. The molecule has 4 rings (SSSR count). The van der Waals surface area contributed by atoms with E-state index in [2.05, 4.69) is 10.6 Å². The minimum absolute atomic E-state index is 0.138. The average Bonchev–Trinajstić information content (AvgIpc) is 2.95. The van der Waals surface area contributed by atoms with Crippen LogP contribution in [0.25, 0.3) is 0 Å². The molecule has 0 aliphatic carbocycles. The number of carbonyl (C=O) groups is 1. The predicted octanol–water partition coefficient (Wildman–Crippen LogP) is 2.49. The van der Waals surface area contributed by atoms with Gasteiger partial charge in [-0.2, -0.15) is 0 Å². The van der Waals surface area contributed by atoms with Gasteiger partial charge in [0.25, 0.3) is 0 Å². The molecule has 2 bridgehead atoms. The zero-order chi connectivity index (χ0) is 14.6. The zero-order valence-corrected chi connectivity index (χ0v) is 11.9. The van der Waals surface area contributed by atoms with Gasteiger partial charge in [0.1, 0.15) is 6.10 Å². The molecule has 3 aliphatic rings. The van der Waals surface area contributed by atoms with Gasteiger partial charge in [-0.05, 0) is 25.0 Å². The van der Waals surface area contributed by atoms with E-state index < -0.39 is 11.5 Å². The molecule has 1 aromatic carbocycles. The molecule has 7 heteroatoms. The molecule has 3 heterocycles. The van der Waals surface area contributed by atoms with Crippen LogP contribution in [-0.4, -0.2) is 24.5 Å². The molecular weight excluding hydrogens is 299 g/mol. The number of ether oxygens (including phenoxy) is 2. The summed E-state index contributed by atoms with van der Waals surface area (Å²) >= 11 is 5.91. The second-order valence-corrected chi connectivity index (χ2v) is 6.09. The molecule has 0 spiro atoms. The Hall–Kier alpha value is -1.53. The van der Waals surface area contributed by atoms with Crippen LogP contribution in [0, 0.1) is 5.82 Å². The lowest BCUT2D eigenvalue weighted by atomic mass is 9.86. The van der Waals surface area contributed by atoms with Crippen LogP contribution in [0.4, 0.5) is 9.18 Å². The van der Waals surface area contributed by atoms with E-state index in [1.165, 1.54) is 6.07 Å². The molecule has 1 aromatic rings. The van der Waals surface area contributed by atoms with Gasteiger partial charge in [-0.15, -0.1) is 0 Å². The Labute approximate surface area is 125 Å². The molecule has 2 unspecified atom stereocenters. The lowest BCUT2D eigenvalue weighted by Crippen LogP contribution is -2.69. The number of hydrogen-bond acceptors (Lipinski definition) is 3. The smallest absolute Gasteiger partial charge is 0.318 e. The summed E-state index contributed by atoms with van der Waals surface area (Å²) in [6.45, 7) is 0.625. The number of hydrogen-bond donors (Lipinski definition) is 2. The lowest BCUT2D eigenvalue weighted by molar-refractivity contribution is -0.107. The second-order valence-electron chi connectivity index (χ2n) is 5.65. The van der Waals surface area contributed by atoms with Crippen molar-refractivity contribution in [2.75, 3.05) is 6.61 Å². The summed E-state index contributed by atoms with van der Waals surface area (Å²) < 4.78 is 25.8. The van der Waals surface area contributed by atoms with Gasteiger partial charge < -0.3 is 14.8 Å². The van der Waals surface area contributed by atoms with Crippen molar-refractivity contribution in [2.45, 2.75) is 37.1 Å². The lowest BCUT2D eigenvalue weighted by Gasteiger charge is -2.48. The Bertz CT molecular complexity index is 620. The Morgan fingerprint density at radius 3 is 3.05 bits per heavy atom. The van der Waals surface area contributed by atoms with Crippen molar-refractivity contribution in [3.8, 4) is 5.75 Å². The van der Waals surface area contributed by atoms with Crippen LogP contribution >= 0.6 is 11.6 Å². The summed E-state index contributed by atoms with van der Waals surface area (Å²) in [6.07, 6.45) is 1.89. The van der Waals surface area contributed by atoms with Crippen molar-refractivity contribution < 1.29 is 18.7 Å². The van der Waals surface area contributed by atoms with Crippen LogP contribution in [0.5, 0.6) is 5.75 Å². The summed E-state index contributed by atoms with van der Waals surface area (Å²) in [5.74, 6) is -0.388. The number of benzene rings is 1. The molecule has 0 saturated carbocycles. The largest absolute Gasteiger partial charge is 0.462 e. The van der Waals surface area contributed by atoms with Crippen molar-refractivity contribution in [3.63, 3.8) is 0 Å². The second kappa shape index (κ2) is 4.48. The number of nitrogens with one attached hydrogen (secondary N) is 2.